The number of aromatic nitrogens is 2. The number of halogens is 1. The Bertz CT molecular complexity index is 738. The fourth-order valence-corrected chi connectivity index (χ4v) is 3.15. The number of hydrogen-bond donors (Lipinski definition) is 1. The number of benzene rings is 1. The first kappa shape index (κ1) is 14.9. The molecule has 0 spiro atoms. The number of aryl methyl sites for hydroxylation is 3. The molecule has 2 rings (SSSR count). The summed E-state index contributed by atoms with van der Waals surface area (Å²) < 4.78 is 28.8. The van der Waals surface area contributed by atoms with Crippen LogP contribution in [0.4, 0.5) is 5.69 Å². The Balaban J connectivity index is 2.37. The van der Waals surface area contributed by atoms with Crippen molar-refractivity contribution >= 4 is 27.3 Å². The highest BCUT2D eigenvalue weighted by Crippen LogP contribution is 2.25. The topological polar surface area (TPSA) is 64.0 Å². The first-order chi connectivity index (χ1) is 9.33. The van der Waals surface area contributed by atoms with Gasteiger partial charge >= 0.3 is 0 Å². The largest absolute Gasteiger partial charge is 0.334 e. The summed E-state index contributed by atoms with van der Waals surface area (Å²) in [5, 5.41) is 0.347. The molecule has 0 atom stereocenters. The summed E-state index contributed by atoms with van der Waals surface area (Å²) in [5.41, 5.74) is 1.28. The third-order valence-corrected chi connectivity index (χ3v) is 4.50. The maximum absolute atomic E-state index is 12.3. The van der Waals surface area contributed by atoms with Crippen molar-refractivity contribution in [3.63, 3.8) is 0 Å². The molecule has 20 heavy (non-hydrogen) atoms. The molecule has 0 amide bonds. The van der Waals surface area contributed by atoms with Crippen LogP contribution in [0, 0.1) is 13.8 Å². The third kappa shape index (κ3) is 2.96. The molecule has 1 heterocycles. The van der Waals surface area contributed by atoms with Gasteiger partial charge in [-0.05, 0) is 38.5 Å². The number of nitrogens with zero attached hydrogens (tertiary/aromatic N) is 2. The standard InChI is InChI=1S/C13H16ClN3O2S/c1-4-17-8-13(15-10(17)3)20(18,19)16-12-7-9(2)5-6-11(12)14/h5-8,16H,4H2,1-3H3. The minimum atomic E-state index is -3.73. The Labute approximate surface area is 123 Å². The van der Waals surface area contributed by atoms with Crippen LogP contribution < -0.4 is 4.72 Å². The van der Waals surface area contributed by atoms with E-state index in [1.54, 1.807) is 23.6 Å². The number of hydrogen-bond acceptors (Lipinski definition) is 3. The van der Waals surface area contributed by atoms with Gasteiger partial charge in [0.25, 0.3) is 10.0 Å². The van der Waals surface area contributed by atoms with Gasteiger partial charge < -0.3 is 4.57 Å². The number of anilines is 1. The second-order valence-electron chi connectivity index (χ2n) is 4.50. The summed E-state index contributed by atoms with van der Waals surface area (Å²) in [6, 6.07) is 5.16. The van der Waals surface area contributed by atoms with Gasteiger partial charge in [-0.3, -0.25) is 4.72 Å². The molecule has 0 fully saturated rings. The average molecular weight is 314 g/mol. The lowest BCUT2D eigenvalue weighted by molar-refractivity contribution is 0.598. The second kappa shape index (κ2) is 5.46. The Morgan fingerprint density at radius 2 is 2.05 bits per heavy atom. The van der Waals surface area contributed by atoms with E-state index in [-0.39, 0.29) is 5.03 Å². The third-order valence-electron chi connectivity index (χ3n) is 2.94. The molecule has 108 valence electrons. The second-order valence-corrected chi connectivity index (χ2v) is 6.54. The zero-order valence-electron chi connectivity index (χ0n) is 11.5. The van der Waals surface area contributed by atoms with Crippen molar-refractivity contribution in [3.8, 4) is 0 Å². The average Bonchev–Trinajstić information content (AvgIpc) is 2.76. The zero-order valence-corrected chi connectivity index (χ0v) is 13.1. The predicted octanol–water partition coefficient (Wildman–Crippen LogP) is 2.97. The summed E-state index contributed by atoms with van der Waals surface area (Å²) in [5.74, 6) is 0.656. The molecule has 0 aliphatic carbocycles. The summed E-state index contributed by atoms with van der Waals surface area (Å²) in [7, 11) is -3.73. The van der Waals surface area contributed by atoms with Crippen LogP contribution in [0.1, 0.15) is 18.3 Å². The van der Waals surface area contributed by atoms with Gasteiger partial charge in [0.2, 0.25) is 0 Å². The first-order valence-corrected chi connectivity index (χ1v) is 8.02. The molecule has 1 aromatic heterocycles. The number of sulfonamides is 1. The molecule has 5 nitrogen and oxygen atoms in total. The summed E-state index contributed by atoms with van der Waals surface area (Å²) in [6.45, 7) is 6.22. The van der Waals surface area contributed by atoms with Gasteiger partial charge in [-0.1, -0.05) is 17.7 Å². The highest BCUT2D eigenvalue weighted by atomic mass is 35.5. The van der Waals surface area contributed by atoms with Crippen LogP contribution in [-0.2, 0) is 16.6 Å². The van der Waals surface area contributed by atoms with E-state index in [4.69, 9.17) is 11.6 Å². The van der Waals surface area contributed by atoms with Crippen molar-refractivity contribution in [1.82, 2.24) is 9.55 Å². The minimum Gasteiger partial charge on any atom is -0.334 e. The van der Waals surface area contributed by atoms with E-state index in [9.17, 15) is 8.42 Å². The lowest BCUT2D eigenvalue weighted by Gasteiger charge is -2.08. The van der Waals surface area contributed by atoms with Crippen molar-refractivity contribution in [2.45, 2.75) is 32.3 Å². The molecule has 0 unspecified atom stereocenters. The van der Waals surface area contributed by atoms with Crippen LogP contribution in [0.2, 0.25) is 5.02 Å². The number of rotatable bonds is 4. The van der Waals surface area contributed by atoms with Crippen LogP contribution in [0.15, 0.2) is 29.4 Å². The molecule has 0 saturated carbocycles. The molecule has 1 N–H and O–H groups in total. The van der Waals surface area contributed by atoms with E-state index >= 15 is 0 Å². The van der Waals surface area contributed by atoms with Crippen LogP contribution in [-0.4, -0.2) is 18.0 Å². The van der Waals surface area contributed by atoms with Gasteiger partial charge in [-0.2, -0.15) is 8.42 Å². The molecular weight excluding hydrogens is 298 g/mol. The van der Waals surface area contributed by atoms with Crippen molar-refractivity contribution in [3.05, 3.63) is 40.8 Å². The molecule has 0 aliphatic rings. The van der Waals surface area contributed by atoms with Gasteiger partial charge in [0.05, 0.1) is 10.7 Å². The van der Waals surface area contributed by atoms with Crippen molar-refractivity contribution in [2.75, 3.05) is 4.72 Å². The number of nitrogens with one attached hydrogen (secondary N) is 1. The normalized spacial score (nSPS) is 11.6. The Morgan fingerprint density at radius 1 is 1.35 bits per heavy atom. The van der Waals surface area contributed by atoms with Gasteiger partial charge in [-0.15, -0.1) is 0 Å². The fraction of sp³-hybridized carbons (Fsp3) is 0.308. The lowest BCUT2D eigenvalue weighted by atomic mass is 10.2. The Morgan fingerprint density at radius 3 is 2.65 bits per heavy atom. The Kier molecular flexibility index (Phi) is 4.06. The highest BCUT2D eigenvalue weighted by molar-refractivity contribution is 7.92. The lowest BCUT2D eigenvalue weighted by Crippen LogP contribution is -2.14. The van der Waals surface area contributed by atoms with Crippen LogP contribution in [0.3, 0.4) is 0 Å². The predicted molar refractivity (Wildman–Crippen MR) is 79.6 cm³/mol. The van der Waals surface area contributed by atoms with Crippen LogP contribution >= 0.6 is 11.6 Å². The molecule has 2 aromatic rings. The van der Waals surface area contributed by atoms with Gasteiger partial charge in [0.15, 0.2) is 5.03 Å². The Hall–Kier alpha value is -1.53. The van der Waals surface area contributed by atoms with Crippen molar-refractivity contribution < 1.29 is 8.42 Å². The molecular formula is C13H16ClN3O2S. The van der Waals surface area contributed by atoms with Gasteiger partial charge in [0.1, 0.15) is 5.82 Å². The summed E-state index contributed by atoms with van der Waals surface area (Å²) in [6.07, 6.45) is 1.52. The quantitative estimate of drug-likeness (QED) is 0.943. The molecule has 0 bridgehead atoms. The molecule has 0 aliphatic heterocycles. The maximum Gasteiger partial charge on any atom is 0.281 e. The molecule has 0 saturated heterocycles. The minimum absolute atomic E-state index is 0.00516. The van der Waals surface area contributed by atoms with Crippen molar-refractivity contribution in [2.24, 2.45) is 0 Å². The zero-order chi connectivity index (χ0) is 14.9. The van der Waals surface area contributed by atoms with Crippen LogP contribution in [0.5, 0.6) is 0 Å². The SMILES string of the molecule is CCn1cc(S(=O)(=O)Nc2cc(C)ccc2Cl)nc1C. The fourth-order valence-electron chi connectivity index (χ4n) is 1.84. The van der Waals surface area contributed by atoms with Crippen molar-refractivity contribution in [1.29, 1.82) is 0 Å². The van der Waals surface area contributed by atoms with E-state index in [2.05, 4.69) is 9.71 Å². The first-order valence-electron chi connectivity index (χ1n) is 6.16. The highest BCUT2D eigenvalue weighted by Gasteiger charge is 2.20. The van der Waals surface area contributed by atoms with Gasteiger partial charge in [0, 0.05) is 12.7 Å². The monoisotopic (exact) mass is 313 g/mol. The summed E-state index contributed by atoms with van der Waals surface area (Å²) in [4.78, 5) is 4.07. The maximum atomic E-state index is 12.3. The molecule has 1 aromatic carbocycles. The van der Waals surface area contributed by atoms with Gasteiger partial charge in [-0.25, -0.2) is 4.98 Å². The summed E-state index contributed by atoms with van der Waals surface area (Å²) >= 11 is 6.00. The molecule has 0 radical (unpaired) electrons. The van der Waals surface area contributed by atoms with E-state index in [1.165, 1.54) is 6.20 Å². The van der Waals surface area contributed by atoms with E-state index in [0.717, 1.165) is 5.56 Å². The van der Waals surface area contributed by atoms with E-state index in [1.807, 2.05) is 19.9 Å². The molecule has 7 heteroatoms. The number of imidazole rings is 1. The van der Waals surface area contributed by atoms with E-state index < -0.39 is 10.0 Å². The van der Waals surface area contributed by atoms with E-state index in [0.29, 0.717) is 23.1 Å². The van der Waals surface area contributed by atoms with Crippen LogP contribution in [0.25, 0.3) is 0 Å². The smallest absolute Gasteiger partial charge is 0.281 e.